The number of para-hydroxylation sites is 1. The average molecular weight is 410 g/mol. The van der Waals surface area contributed by atoms with Gasteiger partial charge in [0, 0.05) is 31.9 Å². The third kappa shape index (κ3) is 3.80. The number of nitrogens with zero attached hydrogens (tertiary/aromatic N) is 3. The van der Waals surface area contributed by atoms with Crippen molar-refractivity contribution in [2.45, 2.75) is 19.9 Å². The molecule has 0 bridgehead atoms. The van der Waals surface area contributed by atoms with Gasteiger partial charge in [-0.3, -0.25) is 9.59 Å². The van der Waals surface area contributed by atoms with E-state index in [9.17, 15) is 18.4 Å². The van der Waals surface area contributed by atoms with Gasteiger partial charge in [-0.25, -0.2) is 13.8 Å². The standard InChI is InChI=1S/C22H20F2N4O2/c1-14-25-8-9-27(14)20-7-6-15(10-18(20)24)12-26-22(30)16-11-21(29)28(13-16)19-5-3-2-4-17(19)23/h2-10,16H,11-13H2,1H3,(H,26,30). The summed E-state index contributed by atoms with van der Waals surface area (Å²) in [5.74, 6) is -1.47. The molecule has 1 aliphatic heterocycles. The minimum atomic E-state index is -0.588. The van der Waals surface area contributed by atoms with Gasteiger partial charge in [-0.2, -0.15) is 0 Å². The van der Waals surface area contributed by atoms with Crippen LogP contribution in [0.3, 0.4) is 0 Å². The number of rotatable bonds is 5. The molecule has 1 saturated heterocycles. The molecular weight excluding hydrogens is 390 g/mol. The molecule has 4 rings (SSSR count). The normalized spacial score (nSPS) is 16.2. The first-order valence-corrected chi connectivity index (χ1v) is 9.55. The fraction of sp³-hybridized carbons (Fsp3) is 0.227. The zero-order valence-corrected chi connectivity index (χ0v) is 16.3. The molecule has 30 heavy (non-hydrogen) atoms. The van der Waals surface area contributed by atoms with E-state index in [0.717, 1.165) is 0 Å². The lowest BCUT2D eigenvalue weighted by molar-refractivity contribution is -0.126. The van der Waals surface area contributed by atoms with Gasteiger partial charge in [-0.1, -0.05) is 18.2 Å². The van der Waals surface area contributed by atoms with Crippen LogP contribution in [0.2, 0.25) is 0 Å². The number of hydrogen-bond acceptors (Lipinski definition) is 3. The number of carbonyl (C=O) groups is 2. The number of amides is 2. The first-order chi connectivity index (χ1) is 14.4. The molecule has 1 aromatic heterocycles. The van der Waals surface area contributed by atoms with E-state index in [0.29, 0.717) is 17.1 Å². The SMILES string of the molecule is Cc1nccn1-c1ccc(CNC(=O)C2CC(=O)N(c3ccccc3F)C2)cc1F. The molecule has 2 amide bonds. The largest absolute Gasteiger partial charge is 0.352 e. The molecule has 2 heterocycles. The monoisotopic (exact) mass is 410 g/mol. The molecule has 0 spiro atoms. The molecule has 1 unspecified atom stereocenters. The van der Waals surface area contributed by atoms with Gasteiger partial charge < -0.3 is 14.8 Å². The Morgan fingerprint density at radius 2 is 1.97 bits per heavy atom. The first kappa shape index (κ1) is 19.8. The van der Waals surface area contributed by atoms with Gasteiger partial charge in [0.2, 0.25) is 11.8 Å². The Morgan fingerprint density at radius 3 is 2.67 bits per heavy atom. The van der Waals surface area contributed by atoms with Crippen molar-refractivity contribution in [1.29, 1.82) is 0 Å². The lowest BCUT2D eigenvalue weighted by atomic mass is 10.1. The number of carbonyl (C=O) groups excluding carboxylic acids is 2. The lowest BCUT2D eigenvalue weighted by Crippen LogP contribution is -2.32. The second kappa shape index (κ2) is 8.06. The van der Waals surface area contributed by atoms with Crippen molar-refractivity contribution < 1.29 is 18.4 Å². The summed E-state index contributed by atoms with van der Waals surface area (Å²) in [6, 6.07) is 10.7. The molecule has 2 aromatic carbocycles. The van der Waals surface area contributed by atoms with Crippen LogP contribution in [0.1, 0.15) is 17.8 Å². The number of nitrogens with one attached hydrogen (secondary N) is 1. The molecule has 8 heteroatoms. The van der Waals surface area contributed by atoms with E-state index in [1.54, 1.807) is 48.1 Å². The summed E-state index contributed by atoms with van der Waals surface area (Å²) in [5, 5.41) is 2.74. The molecule has 0 saturated carbocycles. The number of aryl methyl sites for hydroxylation is 1. The Labute approximate surface area is 172 Å². The maximum Gasteiger partial charge on any atom is 0.227 e. The highest BCUT2D eigenvalue weighted by molar-refractivity contribution is 6.00. The molecule has 1 fully saturated rings. The van der Waals surface area contributed by atoms with Crippen molar-refractivity contribution in [3.63, 3.8) is 0 Å². The van der Waals surface area contributed by atoms with Gasteiger partial charge >= 0.3 is 0 Å². The third-order valence-corrected chi connectivity index (χ3v) is 5.20. The van der Waals surface area contributed by atoms with Gasteiger partial charge in [0.1, 0.15) is 17.5 Å². The summed E-state index contributed by atoms with van der Waals surface area (Å²) in [6.07, 6.45) is 3.28. The van der Waals surface area contributed by atoms with Gasteiger partial charge in [0.25, 0.3) is 0 Å². The van der Waals surface area contributed by atoms with E-state index in [4.69, 9.17) is 0 Å². The molecular formula is C22H20F2N4O2. The Hall–Kier alpha value is -3.55. The summed E-state index contributed by atoms with van der Waals surface area (Å²) in [5.41, 5.74) is 1.14. The van der Waals surface area contributed by atoms with Crippen molar-refractivity contribution in [2.75, 3.05) is 11.4 Å². The Bertz CT molecular complexity index is 1110. The number of anilines is 1. The second-order valence-corrected chi connectivity index (χ2v) is 7.20. The quantitative estimate of drug-likeness (QED) is 0.703. The van der Waals surface area contributed by atoms with Crippen LogP contribution < -0.4 is 10.2 Å². The Balaban J connectivity index is 1.39. The summed E-state index contributed by atoms with van der Waals surface area (Å²) < 4.78 is 30.1. The molecule has 1 N–H and O–H groups in total. The zero-order chi connectivity index (χ0) is 21.3. The van der Waals surface area contributed by atoms with Gasteiger partial charge in [0.15, 0.2) is 0 Å². The fourth-order valence-electron chi connectivity index (χ4n) is 3.61. The van der Waals surface area contributed by atoms with E-state index < -0.39 is 17.6 Å². The summed E-state index contributed by atoms with van der Waals surface area (Å²) >= 11 is 0. The second-order valence-electron chi connectivity index (χ2n) is 7.20. The lowest BCUT2D eigenvalue weighted by Gasteiger charge is -2.17. The molecule has 6 nitrogen and oxygen atoms in total. The first-order valence-electron chi connectivity index (χ1n) is 9.55. The summed E-state index contributed by atoms with van der Waals surface area (Å²) in [6.45, 7) is 2.02. The topological polar surface area (TPSA) is 67.2 Å². The molecule has 0 radical (unpaired) electrons. The minimum absolute atomic E-state index is 0.00731. The van der Waals surface area contributed by atoms with Gasteiger partial charge in [-0.05, 0) is 36.8 Å². The Morgan fingerprint density at radius 1 is 1.17 bits per heavy atom. The van der Waals surface area contributed by atoms with Crippen molar-refractivity contribution in [3.8, 4) is 5.69 Å². The highest BCUT2D eigenvalue weighted by atomic mass is 19.1. The van der Waals surface area contributed by atoms with E-state index in [1.165, 1.54) is 23.1 Å². The van der Waals surface area contributed by atoms with Crippen LogP contribution in [-0.4, -0.2) is 27.9 Å². The van der Waals surface area contributed by atoms with Crippen LogP contribution in [0.4, 0.5) is 14.5 Å². The highest BCUT2D eigenvalue weighted by Gasteiger charge is 2.36. The van der Waals surface area contributed by atoms with Crippen LogP contribution in [-0.2, 0) is 16.1 Å². The summed E-state index contributed by atoms with van der Waals surface area (Å²) in [7, 11) is 0. The minimum Gasteiger partial charge on any atom is -0.352 e. The molecule has 0 aliphatic carbocycles. The van der Waals surface area contributed by atoms with E-state index in [1.807, 2.05) is 0 Å². The zero-order valence-electron chi connectivity index (χ0n) is 16.3. The van der Waals surface area contributed by atoms with Crippen LogP contribution in [0.25, 0.3) is 5.69 Å². The third-order valence-electron chi connectivity index (χ3n) is 5.20. The van der Waals surface area contributed by atoms with E-state index in [-0.39, 0.29) is 37.0 Å². The van der Waals surface area contributed by atoms with Crippen molar-refractivity contribution in [1.82, 2.24) is 14.9 Å². The van der Waals surface area contributed by atoms with Crippen LogP contribution in [0.15, 0.2) is 54.9 Å². The maximum absolute atomic E-state index is 14.5. The number of hydrogen-bond donors (Lipinski definition) is 1. The molecule has 1 atom stereocenters. The van der Waals surface area contributed by atoms with Crippen molar-refractivity contribution in [2.24, 2.45) is 5.92 Å². The number of benzene rings is 2. The van der Waals surface area contributed by atoms with Crippen molar-refractivity contribution >= 4 is 17.5 Å². The smallest absolute Gasteiger partial charge is 0.227 e. The maximum atomic E-state index is 14.5. The molecule has 3 aromatic rings. The predicted molar refractivity (Wildman–Crippen MR) is 107 cm³/mol. The Kier molecular flexibility index (Phi) is 5.31. The summed E-state index contributed by atoms with van der Waals surface area (Å²) in [4.78, 5) is 30.2. The van der Waals surface area contributed by atoms with Gasteiger partial charge in [-0.15, -0.1) is 0 Å². The van der Waals surface area contributed by atoms with Crippen molar-refractivity contribution in [3.05, 3.63) is 77.9 Å². The van der Waals surface area contributed by atoms with Crippen LogP contribution in [0, 0.1) is 24.5 Å². The number of aromatic nitrogens is 2. The number of imidazole rings is 1. The molecule has 154 valence electrons. The number of halogens is 2. The molecule has 1 aliphatic rings. The highest BCUT2D eigenvalue weighted by Crippen LogP contribution is 2.27. The van der Waals surface area contributed by atoms with E-state index >= 15 is 0 Å². The van der Waals surface area contributed by atoms with Gasteiger partial charge in [0.05, 0.1) is 17.3 Å². The van der Waals surface area contributed by atoms with Crippen LogP contribution >= 0.6 is 0 Å². The van der Waals surface area contributed by atoms with E-state index in [2.05, 4.69) is 10.3 Å². The average Bonchev–Trinajstić information content (AvgIpc) is 3.32. The predicted octanol–water partition coefficient (Wildman–Crippen LogP) is 3.13. The van der Waals surface area contributed by atoms with Crippen LogP contribution in [0.5, 0.6) is 0 Å². The fourth-order valence-corrected chi connectivity index (χ4v) is 3.61.